The quantitative estimate of drug-likeness (QED) is 0.742. The second kappa shape index (κ2) is 6.05. The number of aromatic carboxylic acids is 1. The summed E-state index contributed by atoms with van der Waals surface area (Å²) in [4.78, 5) is 15.5. The molecule has 1 heterocycles. The minimum Gasteiger partial charge on any atom is -0.476 e. The number of aromatic nitrogens is 1. The number of aliphatic imine (C=N–C) groups is 1. The fourth-order valence-electron chi connectivity index (χ4n) is 2.04. The molecule has 0 atom stereocenters. The van der Waals surface area contributed by atoms with Crippen LogP contribution in [-0.4, -0.2) is 22.4 Å². The lowest BCUT2D eigenvalue weighted by Crippen LogP contribution is -1.98. The molecule has 2 aromatic carbocycles. The highest BCUT2D eigenvalue weighted by Crippen LogP contribution is 2.26. The zero-order valence-corrected chi connectivity index (χ0v) is 11.5. The van der Waals surface area contributed by atoms with Crippen molar-refractivity contribution in [3.8, 4) is 11.1 Å². The number of rotatable bonds is 4. The lowest BCUT2D eigenvalue weighted by Gasteiger charge is -2.00. The van der Waals surface area contributed by atoms with Crippen LogP contribution in [0, 0.1) is 0 Å². The molecule has 0 spiro atoms. The summed E-state index contributed by atoms with van der Waals surface area (Å²) in [6.45, 7) is 0. The standard InChI is InChI=1S/C17H12N2O3/c20-17(21)16-15(11-22-19-16)13-7-4-8-14(9-13)18-10-12-5-2-1-3-6-12/h1-11H,(H,20,21). The predicted molar refractivity (Wildman–Crippen MR) is 82.6 cm³/mol. The van der Waals surface area contributed by atoms with E-state index in [1.807, 2.05) is 42.5 Å². The predicted octanol–water partition coefficient (Wildman–Crippen LogP) is 3.79. The molecule has 1 N–H and O–H groups in total. The van der Waals surface area contributed by atoms with Gasteiger partial charge in [-0.25, -0.2) is 4.79 Å². The van der Waals surface area contributed by atoms with Crippen LogP contribution in [0.5, 0.6) is 0 Å². The Kier molecular flexibility index (Phi) is 3.78. The van der Waals surface area contributed by atoms with Crippen molar-refractivity contribution in [2.45, 2.75) is 0 Å². The van der Waals surface area contributed by atoms with E-state index in [1.165, 1.54) is 6.26 Å². The van der Waals surface area contributed by atoms with Crippen molar-refractivity contribution in [3.63, 3.8) is 0 Å². The maximum absolute atomic E-state index is 11.1. The van der Waals surface area contributed by atoms with E-state index in [9.17, 15) is 4.79 Å². The molecule has 0 amide bonds. The zero-order chi connectivity index (χ0) is 15.4. The topological polar surface area (TPSA) is 75.7 Å². The lowest BCUT2D eigenvalue weighted by atomic mass is 10.1. The average Bonchev–Trinajstić information content (AvgIpc) is 3.04. The van der Waals surface area contributed by atoms with Gasteiger partial charge in [0.2, 0.25) is 0 Å². The number of carboxylic acid groups (broad SMARTS) is 1. The fraction of sp³-hybridized carbons (Fsp3) is 0. The molecule has 0 aliphatic carbocycles. The number of carboxylic acids is 1. The number of benzene rings is 2. The summed E-state index contributed by atoms with van der Waals surface area (Å²) in [5.41, 5.74) is 2.73. The maximum atomic E-state index is 11.1. The van der Waals surface area contributed by atoms with E-state index in [0.29, 0.717) is 11.1 Å². The Morgan fingerprint density at radius 1 is 1.14 bits per heavy atom. The third-order valence-corrected chi connectivity index (χ3v) is 3.09. The number of hydrogen-bond donors (Lipinski definition) is 1. The van der Waals surface area contributed by atoms with E-state index in [1.54, 1.807) is 18.3 Å². The molecule has 108 valence electrons. The molecule has 0 unspecified atom stereocenters. The highest BCUT2D eigenvalue weighted by molar-refractivity contribution is 5.93. The summed E-state index contributed by atoms with van der Waals surface area (Å²) < 4.78 is 4.76. The van der Waals surface area contributed by atoms with Gasteiger partial charge in [0.15, 0.2) is 5.69 Å². The SMILES string of the molecule is O=C(O)c1nocc1-c1cccc(N=Cc2ccccc2)c1. The molecular formula is C17H12N2O3. The zero-order valence-electron chi connectivity index (χ0n) is 11.5. The number of nitrogens with zero attached hydrogens (tertiary/aromatic N) is 2. The molecule has 0 bridgehead atoms. The van der Waals surface area contributed by atoms with Gasteiger partial charge in [0, 0.05) is 6.21 Å². The van der Waals surface area contributed by atoms with Gasteiger partial charge in [-0.15, -0.1) is 0 Å². The highest BCUT2D eigenvalue weighted by Gasteiger charge is 2.16. The van der Waals surface area contributed by atoms with Crippen LogP contribution < -0.4 is 0 Å². The van der Waals surface area contributed by atoms with E-state index in [4.69, 9.17) is 9.63 Å². The van der Waals surface area contributed by atoms with Gasteiger partial charge >= 0.3 is 5.97 Å². The molecule has 3 rings (SSSR count). The summed E-state index contributed by atoms with van der Waals surface area (Å²) in [6, 6.07) is 17.0. The van der Waals surface area contributed by atoms with Gasteiger partial charge in [0.05, 0.1) is 11.3 Å². The Balaban J connectivity index is 1.91. The first-order chi connectivity index (χ1) is 10.7. The highest BCUT2D eigenvalue weighted by atomic mass is 16.5. The van der Waals surface area contributed by atoms with Gasteiger partial charge in [-0.05, 0) is 23.3 Å². The molecule has 0 aliphatic rings. The van der Waals surface area contributed by atoms with Crippen LogP contribution in [0.15, 0.2) is 70.4 Å². The maximum Gasteiger partial charge on any atom is 0.358 e. The van der Waals surface area contributed by atoms with Crippen molar-refractivity contribution < 1.29 is 14.4 Å². The molecule has 0 fully saturated rings. The first kappa shape index (κ1) is 13.8. The molecule has 1 aromatic heterocycles. The summed E-state index contributed by atoms with van der Waals surface area (Å²) in [5.74, 6) is -1.12. The van der Waals surface area contributed by atoms with Crippen LogP contribution in [0.3, 0.4) is 0 Å². The Labute approximate surface area is 126 Å². The fourth-order valence-corrected chi connectivity index (χ4v) is 2.04. The van der Waals surface area contributed by atoms with Crippen molar-refractivity contribution >= 4 is 17.9 Å². The third-order valence-electron chi connectivity index (χ3n) is 3.09. The molecule has 0 radical (unpaired) electrons. The normalized spacial score (nSPS) is 10.9. The van der Waals surface area contributed by atoms with E-state index >= 15 is 0 Å². The van der Waals surface area contributed by atoms with Gasteiger partial charge in [0.25, 0.3) is 0 Å². The van der Waals surface area contributed by atoms with Crippen LogP contribution >= 0.6 is 0 Å². The summed E-state index contributed by atoms with van der Waals surface area (Å²) in [5, 5.41) is 12.6. The summed E-state index contributed by atoms with van der Waals surface area (Å²) >= 11 is 0. The molecule has 0 aliphatic heterocycles. The van der Waals surface area contributed by atoms with Crippen molar-refractivity contribution in [1.82, 2.24) is 5.16 Å². The monoisotopic (exact) mass is 292 g/mol. The lowest BCUT2D eigenvalue weighted by molar-refractivity contribution is 0.0686. The smallest absolute Gasteiger partial charge is 0.358 e. The van der Waals surface area contributed by atoms with Gasteiger partial charge < -0.3 is 9.63 Å². The van der Waals surface area contributed by atoms with Crippen LogP contribution in [0.2, 0.25) is 0 Å². The molecule has 3 aromatic rings. The molecule has 0 saturated carbocycles. The van der Waals surface area contributed by atoms with E-state index < -0.39 is 5.97 Å². The number of hydrogen-bond acceptors (Lipinski definition) is 4. The Hall–Kier alpha value is -3.21. The molecule has 5 heteroatoms. The van der Waals surface area contributed by atoms with Crippen molar-refractivity contribution in [1.29, 1.82) is 0 Å². The minimum atomic E-state index is -1.12. The van der Waals surface area contributed by atoms with Crippen molar-refractivity contribution in [2.75, 3.05) is 0 Å². The average molecular weight is 292 g/mol. The first-order valence-corrected chi connectivity index (χ1v) is 6.61. The van der Waals surface area contributed by atoms with Crippen LogP contribution in [0.25, 0.3) is 11.1 Å². The summed E-state index contributed by atoms with van der Waals surface area (Å²) in [6.07, 6.45) is 3.08. The largest absolute Gasteiger partial charge is 0.476 e. The van der Waals surface area contributed by atoms with Gasteiger partial charge in [0.1, 0.15) is 6.26 Å². The minimum absolute atomic E-state index is 0.107. The van der Waals surface area contributed by atoms with Crippen molar-refractivity contribution in [3.05, 3.63) is 72.1 Å². The van der Waals surface area contributed by atoms with Crippen molar-refractivity contribution in [2.24, 2.45) is 4.99 Å². The number of carbonyl (C=O) groups is 1. The second-order valence-electron chi connectivity index (χ2n) is 4.60. The van der Waals surface area contributed by atoms with Crippen LogP contribution in [0.1, 0.15) is 16.1 Å². The van der Waals surface area contributed by atoms with Gasteiger partial charge in [-0.1, -0.05) is 47.6 Å². The Morgan fingerprint density at radius 2 is 1.95 bits per heavy atom. The van der Waals surface area contributed by atoms with Gasteiger partial charge in [-0.2, -0.15) is 0 Å². The molecule has 0 saturated heterocycles. The molecular weight excluding hydrogens is 280 g/mol. The van der Waals surface area contributed by atoms with E-state index in [2.05, 4.69) is 10.1 Å². The van der Waals surface area contributed by atoms with Crippen LogP contribution in [-0.2, 0) is 0 Å². The molecule has 5 nitrogen and oxygen atoms in total. The van der Waals surface area contributed by atoms with E-state index in [-0.39, 0.29) is 5.69 Å². The Bertz CT molecular complexity index is 823. The second-order valence-corrected chi connectivity index (χ2v) is 4.60. The van der Waals surface area contributed by atoms with Gasteiger partial charge in [-0.3, -0.25) is 4.99 Å². The first-order valence-electron chi connectivity index (χ1n) is 6.61. The van der Waals surface area contributed by atoms with Crippen LogP contribution in [0.4, 0.5) is 5.69 Å². The Morgan fingerprint density at radius 3 is 2.73 bits per heavy atom. The third kappa shape index (κ3) is 2.93. The summed E-state index contributed by atoms with van der Waals surface area (Å²) in [7, 11) is 0. The van der Waals surface area contributed by atoms with E-state index in [0.717, 1.165) is 11.3 Å². The molecule has 22 heavy (non-hydrogen) atoms.